The van der Waals surface area contributed by atoms with E-state index in [0.717, 1.165) is 24.2 Å². The number of hydrogen-bond donors (Lipinski definition) is 0. The van der Waals surface area contributed by atoms with Gasteiger partial charge < -0.3 is 4.74 Å². The molecular weight excluding hydrogens is 210 g/mol. The van der Waals surface area contributed by atoms with Crippen molar-refractivity contribution >= 4 is 11.6 Å². The molecule has 2 nitrogen and oxygen atoms in total. The van der Waals surface area contributed by atoms with Gasteiger partial charge in [-0.1, -0.05) is 18.2 Å². The van der Waals surface area contributed by atoms with Crippen molar-refractivity contribution < 1.29 is 4.74 Å². The lowest BCUT2D eigenvalue weighted by Gasteiger charge is -2.12. The molecule has 0 radical (unpaired) electrons. The number of nitrogens with zero attached hydrogens (tertiary/aromatic N) is 1. The first-order valence-electron chi connectivity index (χ1n) is 4.92. The second-order valence-electron chi connectivity index (χ2n) is 3.25. The third-order valence-corrected chi connectivity index (χ3v) is 2.56. The Balaban J connectivity index is 2.86. The van der Waals surface area contributed by atoms with Crippen LogP contribution in [-0.4, -0.2) is 13.0 Å². The van der Waals surface area contributed by atoms with Crippen molar-refractivity contribution in [1.29, 1.82) is 5.26 Å². The van der Waals surface area contributed by atoms with E-state index in [-0.39, 0.29) is 5.92 Å². The minimum atomic E-state index is -0.125. The number of halogens is 1. The maximum Gasteiger partial charge on any atom is 0.123 e. The molecule has 1 unspecified atom stereocenters. The molecule has 15 heavy (non-hydrogen) atoms. The number of methoxy groups -OCH3 is 1. The van der Waals surface area contributed by atoms with E-state index >= 15 is 0 Å². The van der Waals surface area contributed by atoms with Gasteiger partial charge in [0.05, 0.1) is 19.1 Å². The summed E-state index contributed by atoms with van der Waals surface area (Å²) in [6.07, 6.45) is 1.62. The average molecular weight is 224 g/mol. The standard InChI is InChI=1S/C12H14ClNO/c1-15-12-7-3-2-6-11(12)10(9-14)5-4-8-13/h2-3,6-7,10H,4-5,8H2,1H3. The normalized spacial score (nSPS) is 11.8. The fourth-order valence-electron chi connectivity index (χ4n) is 1.53. The number of nitriles is 1. The molecule has 0 fully saturated rings. The fourth-order valence-corrected chi connectivity index (χ4v) is 1.68. The number of rotatable bonds is 5. The highest BCUT2D eigenvalue weighted by Crippen LogP contribution is 2.29. The number of hydrogen-bond acceptors (Lipinski definition) is 2. The molecule has 1 atom stereocenters. The molecule has 0 bridgehead atoms. The van der Waals surface area contributed by atoms with Crippen LogP contribution in [0.4, 0.5) is 0 Å². The number of alkyl halides is 1. The van der Waals surface area contributed by atoms with Crippen LogP contribution in [-0.2, 0) is 0 Å². The van der Waals surface area contributed by atoms with Gasteiger partial charge in [-0.3, -0.25) is 0 Å². The summed E-state index contributed by atoms with van der Waals surface area (Å²) in [5.74, 6) is 1.24. The van der Waals surface area contributed by atoms with E-state index in [1.807, 2.05) is 24.3 Å². The number of ether oxygens (including phenoxy) is 1. The van der Waals surface area contributed by atoms with Gasteiger partial charge in [0.25, 0.3) is 0 Å². The largest absolute Gasteiger partial charge is 0.496 e. The Kier molecular flexibility index (Phi) is 5.00. The molecule has 0 heterocycles. The number of para-hydroxylation sites is 1. The second-order valence-corrected chi connectivity index (χ2v) is 3.63. The van der Waals surface area contributed by atoms with Crippen molar-refractivity contribution in [3.8, 4) is 11.8 Å². The Morgan fingerprint density at radius 3 is 2.80 bits per heavy atom. The van der Waals surface area contributed by atoms with Gasteiger partial charge in [-0.05, 0) is 18.9 Å². The molecule has 0 aromatic heterocycles. The lowest BCUT2D eigenvalue weighted by atomic mass is 9.95. The van der Waals surface area contributed by atoms with Crippen molar-refractivity contribution in [2.24, 2.45) is 0 Å². The monoisotopic (exact) mass is 223 g/mol. The summed E-state index contributed by atoms with van der Waals surface area (Å²) in [4.78, 5) is 0. The van der Waals surface area contributed by atoms with E-state index in [9.17, 15) is 0 Å². The summed E-state index contributed by atoms with van der Waals surface area (Å²) in [7, 11) is 1.62. The zero-order valence-electron chi connectivity index (χ0n) is 8.74. The zero-order chi connectivity index (χ0) is 11.1. The van der Waals surface area contributed by atoms with Crippen molar-refractivity contribution in [3.63, 3.8) is 0 Å². The molecule has 0 aliphatic carbocycles. The van der Waals surface area contributed by atoms with E-state index in [1.54, 1.807) is 7.11 Å². The molecule has 80 valence electrons. The Bertz CT molecular complexity index is 346. The minimum absolute atomic E-state index is 0.125. The minimum Gasteiger partial charge on any atom is -0.496 e. The van der Waals surface area contributed by atoms with Crippen LogP contribution in [0.2, 0.25) is 0 Å². The van der Waals surface area contributed by atoms with E-state index in [2.05, 4.69) is 6.07 Å². The molecule has 0 aliphatic rings. The SMILES string of the molecule is COc1ccccc1C(C#N)CCCCl. The summed E-state index contributed by atoms with van der Waals surface area (Å²) in [6, 6.07) is 9.92. The Morgan fingerprint density at radius 2 is 2.20 bits per heavy atom. The van der Waals surface area contributed by atoms with Gasteiger partial charge in [-0.15, -0.1) is 11.6 Å². The summed E-state index contributed by atoms with van der Waals surface area (Å²) in [6.45, 7) is 0. The van der Waals surface area contributed by atoms with E-state index in [0.29, 0.717) is 5.88 Å². The van der Waals surface area contributed by atoms with Gasteiger partial charge >= 0.3 is 0 Å². The van der Waals surface area contributed by atoms with Gasteiger partial charge in [0, 0.05) is 11.4 Å². The van der Waals surface area contributed by atoms with Crippen LogP contribution in [0, 0.1) is 11.3 Å². The highest BCUT2D eigenvalue weighted by molar-refractivity contribution is 6.17. The molecule has 0 N–H and O–H groups in total. The van der Waals surface area contributed by atoms with Gasteiger partial charge in [-0.2, -0.15) is 5.26 Å². The highest BCUT2D eigenvalue weighted by Gasteiger charge is 2.14. The molecule has 1 aromatic rings. The summed E-state index contributed by atoms with van der Waals surface area (Å²) in [5, 5.41) is 9.08. The van der Waals surface area contributed by atoms with Gasteiger partial charge in [0.15, 0.2) is 0 Å². The van der Waals surface area contributed by atoms with E-state index in [4.69, 9.17) is 21.6 Å². The first-order valence-corrected chi connectivity index (χ1v) is 5.45. The Hall–Kier alpha value is -1.20. The first-order chi connectivity index (χ1) is 7.33. The second kappa shape index (κ2) is 6.31. The smallest absolute Gasteiger partial charge is 0.123 e. The summed E-state index contributed by atoms with van der Waals surface area (Å²) in [5.41, 5.74) is 0.951. The van der Waals surface area contributed by atoms with Crippen LogP contribution in [0.1, 0.15) is 24.3 Å². The molecule has 0 saturated heterocycles. The van der Waals surface area contributed by atoms with E-state index in [1.165, 1.54) is 0 Å². The molecule has 3 heteroatoms. The maximum atomic E-state index is 9.08. The molecular formula is C12H14ClNO. The van der Waals surface area contributed by atoms with Crippen LogP contribution in [0.3, 0.4) is 0 Å². The molecule has 0 aliphatic heterocycles. The van der Waals surface area contributed by atoms with Crippen molar-refractivity contribution in [3.05, 3.63) is 29.8 Å². The Morgan fingerprint density at radius 1 is 1.47 bits per heavy atom. The number of benzene rings is 1. The van der Waals surface area contributed by atoms with Crippen LogP contribution in [0.5, 0.6) is 5.75 Å². The topological polar surface area (TPSA) is 33.0 Å². The van der Waals surface area contributed by atoms with Gasteiger partial charge in [-0.25, -0.2) is 0 Å². The van der Waals surface area contributed by atoms with Crippen LogP contribution in [0.25, 0.3) is 0 Å². The summed E-state index contributed by atoms with van der Waals surface area (Å²) >= 11 is 5.62. The fraction of sp³-hybridized carbons (Fsp3) is 0.417. The molecule has 1 aromatic carbocycles. The predicted octanol–water partition coefficient (Wildman–Crippen LogP) is 3.32. The third kappa shape index (κ3) is 3.14. The predicted molar refractivity (Wildman–Crippen MR) is 61.3 cm³/mol. The van der Waals surface area contributed by atoms with Crippen LogP contribution < -0.4 is 4.74 Å². The molecule has 0 amide bonds. The van der Waals surface area contributed by atoms with E-state index < -0.39 is 0 Å². The Labute approximate surface area is 95.4 Å². The van der Waals surface area contributed by atoms with Crippen molar-refractivity contribution in [2.75, 3.05) is 13.0 Å². The third-order valence-electron chi connectivity index (χ3n) is 2.30. The zero-order valence-corrected chi connectivity index (χ0v) is 9.50. The van der Waals surface area contributed by atoms with Gasteiger partial charge in [0.1, 0.15) is 5.75 Å². The quantitative estimate of drug-likeness (QED) is 0.718. The van der Waals surface area contributed by atoms with Crippen molar-refractivity contribution in [2.45, 2.75) is 18.8 Å². The summed E-state index contributed by atoms with van der Waals surface area (Å²) < 4.78 is 5.22. The van der Waals surface area contributed by atoms with Crippen molar-refractivity contribution in [1.82, 2.24) is 0 Å². The highest BCUT2D eigenvalue weighted by atomic mass is 35.5. The average Bonchev–Trinajstić information content (AvgIpc) is 2.30. The maximum absolute atomic E-state index is 9.08. The first kappa shape index (κ1) is 11.9. The lowest BCUT2D eigenvalue weighted by Crippen LogP contribution is -1.99. The van der Waals surface area contributed by atoms with Crippen LogP contribution >= 0.6 is 11.6 Å². The van der Waals surface area contributed by atoms with Crippen LogP contribution in [0.15, 0.2) is 24.3 Å². The molecule has 1 rings (SSSR count). The molecule has 0 saturated carbocycles. The van der Waals surface area contributed by atoms with Gasteiger partial charge in [0.2, 0.25) is 0 Å². The lowest BCUT2D eigenvalue weighted by molar-refractivity contribution is 0.407. The molecule has 0 spiro atoms.